The molecule has 0 aliphatic heterocycles. The number of aryl methyl sites for hydroxylation is 1. The quantitative estimate of drug-likeness (QED) is 0.890. The molecule has 1 unspecified atom stereocenters. The van der Waals surface area contributed by atoms with Crippen LogP contribution in [0.15, 0.2) is 16.3 Å². The van der Waals surface area contributed by atoms with E-state index in [-0.39, 0.29) is 6.04 Å². The first-order valence-electron chi connectivity index (χ1n) is 5.32. The SMILES string of the molecule is CCNC(Cc1csc(C)n1)c1cscn1. The van der Waals surface area contributed by atoms with Crippen LogP contribution < -0.4 is 5.32 Å². The van der Waals surface area contributed by atoms with Crippen LogP contribution in [0.4, 0.5) is 0 Å². The van der Waals surface area contributed by atoms with Gasteiger partial charge in [-0.2, -0.15) is 0 Å². The maximum atomic E-state index is 4.50. The Morgan fingerprint density at radius 2 is 2.31 bits per heavy atom. The van der Waals surface area contributed by atoms with Crippen LogP contribution in [-0.4, -0.2) is 16.5 Å². The minimum absolute atomic E-state index is 0.290. The van der Waals surface area contributed by atoms with Crippen LogP contribution >= 0.6 is 22.7 Å². The summed E-state index contributed by atoms with van der Waals surface area (Å²) in [4.78, 5) is 8.87. The van der Waals surface area contributed by atoms with Crippen LogP contribution in [0.25, 0.3) is 0 Å². The van der Waals surface area contributed by atoms with Crippen molar-refractivity contribution in [3.8, 4) is 0 Å². The lowest BCUT2D eigenvalue weighted by molar-refractivity contribution is 0.534. The zero-order valence-electron chi connectivity index (χ0n) is 9.43. The minimum atomic E-state index is 0.290. The molecule has 0 amide bonds. The van der Waals surface area contributed by atoms with Gasteiger partial charge in [-0.1, -0.05) is 6.92 Å². The van der Waals surface area contributed by atoms with Crippen LogP contribution in [0.2, 0.25) is 0 Å². The van der Waals surface area contributed by atoms with Gasteiger partial charge in [-0.15, -0.1) is 22.7 Å². The summed E-state index contributed by atoms with van der Waals surface area (Å²) >= 11 is 3.35. The molecule has 16 heavy (non-hydrogen) atoms. The van der Waals surface area contributed by atoms with E-state index in [0.29, 0.717) is 0 Å². The van der Waals surface area contributed by atoms with E-state index in [2.05, 4.69) is 33.0 Å². The third-order valence-electron chi connectivity index (χ3n) is 2.34. The number of thiazole rings is 2. The van der Waals surface area contributed by atoms with Gasteiger partial charge >= 0.3 is 0 Å². The van der Waals surface area contributed by atoms with Gasteiger partial charge in [0.1, 0.15) is 0 Å². The van der Waals surface area contributed by atoms with Crippen molar-refractivity contribution in [2.75, 3.05) is 6.54 Å². The second kappa shape index (κ2) is 5.52. The Labute approximate surface area is 104 Å². The van der Waals surface area contributed by atoms with Crippen LogP contribution in [-0.2, 0) is 6.42 Å². The van der Waals surface area contributed by atoms with Crippen LogP contribution in [0.5, 0.6) is 0 Å². The van der Waals surface area contributed by atoms with Crippen molar-refractivity contribution in [2.24, 2.45) is 0 Å². The highest BCUT2D eigenvalue weighted by molar-refractivity contribution is 7.09. The summed E-state index contributed by atoms with van der Waals surface area (Å²) in [5.74, 6) is 0. The molecule has 0 fully saturated rings. The molecular weight excluding hydrogens is 238 g/mol. The lowest BCUT2D eigenvalue weighted by Crippen LogP contribution is -2.23. The fourth-order valence-electron chi connectivity index (χ4n) is 1.63. The molecule has 0 saturated carbocycles. The van der Waals surface area contributed by atoms with Gasteiger partial charge in [0.25, 0.3) is 0 Å². The highest BCUT2D eigenvalue weighted by Gasteiger charge is 2.14. The maximum absolute atomic E-state index is 4.50. The van der Waals surface area contributed by atoms with Gasteiger partial charge in [0.15, 0.2) is 0 Å². The van der Waals surface area contributed by atoms with E-state index in [1.807, 2.05) is 12.4 Å². The molecule has 0 aliphatic carbocycles. The van der Waals surface area contributed by atoms with Gasteiger partial charge in [0, 0.05) is 17.2 Å². The predicted octanol–water partition coefficient (Wildman–Crippen LogP) is 2.80. The van der Waals surface area contributed by atoms with Gasteiger partial charge in [0.2, 0.25) is 0 Å². The Bertz CT molecular complexity index is 422. The molecule has 2 rings (SSSR count). The van der Waals surface area contributed by atoms with Crippen LogP contribution in [0, 0.1) is 6.92 Å². The smallest absolute Gasteiger partial charge is 0.0897 e. The first-order valence-corrected chi connectivity index (χ1v) is 7.14. The Hall–Kier alpha value is -0.780. The second-order valence-electron chi connectivity index (χ2n) is 3.59. The Balaban J connectivity index is 2.09. The van der Waals surface area contributed by atoms with Gasteiger partial charge < -0.3 is 5.32 Å². The fraction of sp³-hybridized carbons (Fsp3) is 0.455. The number of hydrogen-bond acceptors (Lipinski definition) is 5. The van der Waals surface area contributed by atoms with Crippen LogP contribution in [0.1, 0.15) is 29.4 Å². The number of nitrogens with one attached hydrogen (secondary N) is 1. The summed E-state index contributed by atoms with van der Waals surface area (Å²) in [6.07, 6.45) is 0.919. The van der Waals surface area contributed by atoms with Gasteiger partial charge in [-0.05, 0) is 13.5 Å². The Morgan fingerprint density at radius 3 is 2.88 bits per heavy atom. The molecular formula is C11H15N3S2. The lowest BCUT2D eigenvalue weighted by atomic mass is 10.1. The summed E-state index contributed by atoms with van der Waals surface area (Å²) in [5, 5.41) is 8.81. The van der Waals surface area contributed by atoms with E-state index in [4.69, 9.17) is 0 Å². The van der Waals surface area contributed by atoms with Crippen molar-refractivity contribution in [3.63, 3.8) is 0 Å². The number of aromatic nitrogens is 2. The molecule has 0 bridgehead atoms. The average molecular weight is 253 g/mol. The molecule has 1 N–H and O–H groups in total. The monoisotopic (exact) mass is 253 g/mol. The molecule has 2 heterocycles. The number of rotatable bonds is 5. The standard InChI is InChI=1S/C11H15N3S2/c1-3-12-10(11-6-15-7-13-11)4-9-5-16-8(2)14-9/h5-7,10,12H,3-4H2,1-2H3. The first-order chi connectivity index (χ1) is 7.79. The number of hydrogen-bond donors (Lipinski definition) is 1. The third kappa shape index (κ3) is 2.87. The maximum Gasteiger partial charge on any atom is 0.0897 e. The van der Waals surface area contributed by atoms with Crippen molar-refractivity contribution in [1.82, 2.24) is 15.3 Å². The van der Waals surface area contributed by atoms with Crippen LogP contribution in [0.3, 0.4) is 0 Å². The lowest BCUT2D eigenvalue weighted by Gasteiger charge is -2.14. The number of likely N-dealkylation sites (N-methyl/N-ethyl adjacent to an activating group) is 1. The highest BCUT2D eigenvalue weighted by atomic mass is 32.1. The molecule has 3 nitrogen and oxygen atoms in total. The topological polar surface area (TPSA) is 37.8 Å². The minimum Gasteiger partial charge on any atom is -0.309 e. The summed E-state index contributed by atoms with van der Waals surface area (Å²) in [6.45, 7) is 5.11. The van der Waals surface area contributed by atoms with E-state index in [9.17, 15) is 0 Å². The van der Waals surface area contributed by atoms with E-state index >= 15 is 0 Å². The van der Waals surface area contributed by atoms with Crippen molar-refractivity contribution in [1.29, 1.82) is 0 Å². The molecule has 0 spiro atoms. The zero-order valence-corrected chi connectivity index (χ0v) is 11.1. The molecule has 0 saturated heterocycles. The molecule has 86 valence electrons. The molecule has 0 radical (unpaired) electrons. The second-order valence-corrected chi connectivity index (χ2v) is 5.37. The van der Waals surface area contributed by atoms with Crippen molar-refractivity contribution in [3.05, 3.63) is 32.7 Å². The largest absolute Gasteiger partial charge is 0.309 e. The van der Waals surface area contributed by atoms with Crippen molar-refractivity contribution < 1.29 is 0 Å². The fourth-order valence-corrected chi connectivity index (χ4v) is 2.87. The van der Waals surface area contributed by atoms with E-state index in [0.717, 1.165) is 29.4 Å². The van der Waals surface area contributed by atoms with Gasteiger partial charge in [-0.3, -0.25) is 0 Å². The molecule has 5 heteroatoms. The summed E-state index contributed by atoms with van der Waals surface area (Å²) in [5.41, 5.74) is 4.16. The predicted molar refractivity (Wildman–Crippen MR) is 69.1 cm³/mol. The highest BCUT2D eigenvalue weighted by Crippen LogP contribution is 2.19. The van der Waals surface area contributed by atoms with Gasteiger partial charge in [0.05, 0.1) is 27.9 Å². The third-order valence-corrected chi connectivity index (χ3v) is 3.77. The normalized spacial score (nSPS) is 12.9. The molecule has 2 aromatic rings. The summed E-state index contributed by atoms with van der Waals surface area (Å²) < 4.78 is 0. The first kappa shape index (κ1) is 11.7. The van der Waals surface area contributed by atoms with Gasteiger partial charge in [-0.25, -0.2) is 9.97 Å². The molecule has 1 atom stereocenters. The van der Waals surface area contributed by atoms with Crippen molar-refractivity contribution >= 4 is 22.7 Å². The Morgan fingerprint density at radius 1 is 1.44 bits per heavy atom. The molecule has 2 aromatic heterocycles. The summed E-state index contributed by atoms with van der Waals surface area (Å²) in [7, 11) is 0. The zero-order chi connectivity index (χ0) is 11.4. The summed E-state index contributed by atoms with van der Waals surface area (Å²) in [6, 6.07) is 0.290. The van der Waals surface area contributed by atoms with Crippen molar-refractivity contribution in [2.45, 2.75) is 26.3 Å². The average Bonchev–Trinajstić information content (AvgIpc) is 2.88. The number of nitrogens with zero attached hydrogens (tertiary/aromatic N) is 2. The van der Waals surface area contributed by atoms with E-state index < -0.39 is 0 Å². The Kier molecular flexibility index (Phi) is 4.04. The van der Waals surface area contributed by atoms with E-state index in [1.165, 1.54) is 0 Å². The van der Waals surface area contributed by atoms with E-state index in [1.54, 1.807) is 22.7 Å². The molecule has 0 aliphatic rings. The molecule has 0 aromatic carbocycles.